The van der Waals surface area contributed by atoms with Crippen LogP contribution in [0.15, 0.2) is 24.3 Å². The van der Waals surface area contributed by atoms with Gasteiger partial charge in [0.15, 0.2) is 0 Å². The SMILES string of the molecule is CO[C@@](C)(C(=O)Nc1ccc(OCCN2CCC[C@H](C)C2)cc1)C1CC1. The monoisotopic (exact) mass is 360 g/mol. The Hall–Kier alpha value is -1.59. The van der Waals surface area contributed by atoms with E-state index in [4.69, 9.17) is 9.47 Å². The fourth-order valence-corrected chi connectivity index (χ4v) is 3.75. The molecule has 0 aromatic heterocycles. The summed E-state index contributed by atoms with van der Waals surface area (Å²) in [4.78, 5) is 15.0. The highest BCUT2D eigenvalue weighted by Crippen LogP contribution is 2.42. The number of carbonyl (C=O) groups excluding carboxylic acids is 1. The molecule has 1 aliphatic heterocycles. The lowest BCUT2D eigenvalue weighted by Gasteiger charge is -2.30. The molecule has 3 rings (SSSR count). The van der Waals surface area contributed by atoms with Crippen molar-refractivity contribution in [3.05, 3.63) is 24.3 Å². The molecule has 5 heteroatoms. The average molecular weight is 360 g/mol. The molecule has 0 bridgehead atoms. The van der Waals surface area contributed by atoms with Gasteiger partial charge in [0, 0.05) is 25.9 Å². The van der Waals surface area contributed by atoms with E-state index < -0.39 is 5.60 Å². The van der Waals surface area contributed by atoms with Crippen LogP contribution in [0, 0.1) is 11.8 Å². The van der Waals surface area contributed by atoms with Gasteiger partial charge in [0.2, 0.25) is 0 Å². The molecule has 1 saturated heterocycles. The first-order valence-electron chi connectivity index (χ1n) is 9.83. The van der Waals surface area contributed by atoms with E-state index in [9.17, 15) is 4.79 Å². The molecule has 0 radical (unpaired) electrons. The van der Waals surface area contributed by atoms with Crippen molar-refractivity contribution in [3.8, 4) is 5.75 Å². The van der Waals surface area contributed by atoms with Crippen LogP contribution >= 0.6 is 0 Å². The van der Waals surface area contributed by atoms with Gasteiger partial charge in [-0.3, -0.25) is 9.69 Å². The highest BCUT2D eigenvalue weighted by atomic mass is 16.5. The summed E-state index contributed by atoms with van der Waals surface area (Å²) < 4.78 is 11.4. The molecule has 2 aliphatic rings. The molecule has 2 fully saturated rings. The molecule has 5 nitrogen and oxygen atoms in total. The van der Waals surface area contributed by atoms with Crippen molar-refractivity contribution in [2.45, 2.75) is 45.1 Å². The minimum absolute atomic E-state index is 0.0737. The van der Waals surface area contributed by atoms with Crippen molar-refractivity contribution in [2.24, 2.45) is 11.8 Å². The third kappa shape index (κ3) is 4.77. The standard InChI is InChI=1S/C21H32N2O3/c1-16-5-4-12-23(15-16)13-14-26-19-10-8-18(9-11-19)22-20(24)21(2,25-3)17-6-7-17/h8-11,16-17H,4-7,12-15H2,1-3H3,(H,22,24)/t16-,21+/m0/s1. The second kappa shape index (κ2) is 8.40. The summed E-state index contributed by atoms with van der Waals surface area (Å²) in [5.41, 5.74) is 0.0388. The number of hydrogen-bond acceptors (Lipinski definition) is 4. The van der Waals surface area contributed by atoms with Crippen LogP contribution < -0.4 is 10.1 Å². The van der Waals surface area contributed by atoms with E-state index in [1.165, 1.54) is 25.9 Å². The van der Waals surface area contributed by atoms with Crippen molar-refractivity contribution in [1.29, 1.82) is 0 Å². The molecule has 1 saturated carbocycles. The van der Waals surface area contributed by atoms with Crippen LogP contribution in [0.2, 0.25) is 0 Å². The van der Waals surface area contributed by atoms with Gasteiger partial charge in [-0.25, -0.2) is 0 Å². The summed E-state index contributed by atoms with van der Waals surface area (Å²) in [6.07, 6.45) is 4.74. The maximum atomic E-state index is 12.5. The van der Waals surface area contributed by atoms with Crippen molar-refractivity contribution in [3.63, 3.8) is 0 Å². The first-order chi connectivity index (χ1) is 12.5. The van der Waals surface area contributed by atoms with Crippen LogP contribution in [0.5, 0.6) is 5.75 Å². The quantitative estimate of drug-likeness (QED) is 0.770. The molecule has 1 heterocycles. The Bertz CT molecular complexity index is 600. The maximum absolute atomic E-state index is 12.5. The van der Waals surface area contributed by atoms with E-state index in [0.29, 0.717) is 12.5 Å². The molecule has 1 N–H and O–H groups in total. The number of amides is 1. The summed E-state index contributed by atoms with van der Waals surface area (Å²) in [5.74, 6) is 1.88. The second-order valence-corrected chi connectivity index (χ2v) is 7.96. The zero-order valence-corrected chi connectivity index (χ0v) is 16.3. The Balaban J connectivity index is 1.45. The predicted octanol–water partition coefficient (Wildman–Crippen LogP) is 3.55. The van der Waals surface area contributed by atoms with Gasteiger partial charge in [-0.05, 0) is 75.3 Å². The highest BCUT2D eigenvalue weighted by Gasteiger charge is 2.47. The Morgan fingerprint density at radius 3 is 2.62 bits per heavy atom. The number of likely N-dealkylation sites (tertiary alicyclic amines) is 1. The average Bonchev–Trinajstić information content (AvgIpc) is 3.48. The molecule has 0 unspecified atom stereocenters. The largest absolute Gasteiger partial charge is 0.492 e. The zero-order valence-electron chi connectivity index (χ0n) is 16.3. The summed E-state index contributed by atoms with van der Waals surface area (Å²) in [6, 6.07) is 7.60. The first kappa shape index (κ1) is 19.2. The molecule has 1 aromatic rings. The molecule has 2 atom stereocenters. The number of nitrogens with zero attached hydrogens (tertiary/aromatic N) is 1. The van der Waals surface area contributed by atoms with E-state index in [0.717, 1.165) is 36.7 Å². The Morgan fingerprint density at radius 2 is 2.00 bits per heavy atom. The zero-order chi connectivity index (χ0) is 18.6. The lowest BCUT2D eigenvalue weighted by Crippen LogP contribution is -2.44. The minimum atomic E-state index is -0.735. The van der Waals surface area contributed by atoms with Gasteiger partial charge in [0.25, 0.3) is 5.91 Å². The van der Waals surface area contributed by atoms with Crippen LogP contribution in [-0.4, -0.2) is 49.8 Å². The number of ether oxygens (including phenoxy) is 2. The summed E-state index contributed by atoms with van der Waals surface area (Å²) in [7, 11) is 1.61. The number of anilines is 1. The van der Waals surface area contributed by atoms with E-state index in [1.54, 1.807) is 7.11 Å². The number of carbonyl (C=O) groups is 1. The molecule has 144 valence electrons. The molecule has 26 heavy (non-hydrogen) atoms. The number of rotatable bonds is 8. The van der Waals surface area contributed by atoms with Gasteiger partial charge < -0.3 is 14.8 Å². The minimum Gasteiger partial charge on any atom is -0.492 e. The Labute approximate surface area is 157 Å². The Morgan fingerprint density at radius 1 is 1.27 bits per heavy atom. The normalized spacial score (nSPS) is 23.3. The van der Waals surface area contributed by atoms with Crippen molar-refractivity contribution >= 4 is 11.6 Å². The van der Waals surface area contributed by atoms with E-state index >= 15 is 0 Å². The summed E-state index contributed by atoms with van der Waals surface area (Å²) >= 11 is 0. The fraction of sp³-hybridized carbons (Fsp3) is 0.667. The topological polar surface area (TPSA) is 50.8 Å². The number of piperidine rings is 1. The van der Waals surface area contributed by atoms with Crippen molar-refractivity contribution < 1.29 is 14.3 Å². The van der Waals surface area contributed by atoms with Crippen LogP contribution in [-0.2, 0) is 9.53 Å². The lowest BCUT2D eigenvalue weighted by molar-refractivity contribution is -0.138. The van der Waals surface area contributed by atoms with Gasteiger partial charge >= 0.3 is 0 Å². The molecular weight excluding hydrogens is 328 g/mol. The van der Waals surface area contributed by atoms with Crippen molar-refractivity contribution in [1.82, 2.24) is 4.90 Å². The van der Waals surface area contributed by atoms with Crippen molar-refractivity contribution in [2.75, 3.05) is 38.7 Å². The van der Waals surface area contributed by atoms with E-state index in [1.807, 2.05) is 31.2 Å². The molecule has 1 amide bonds. The smallest absolute Gasteiger partial charge is 0.256 e. The maximum Gasteiger partial charge on any atom is 0.256 e. The predicted molar refractivity (Wildman–Crippen MR) is 104 cm³/mol. The number of nitrogens with one attached hydrogen (secondary N) is 1. The molecular formula is C21H32N2O3. The molecule has 1 aliphatic carbocycles. The van der Waals surface area contributed by atoms with Gasteiger partial charge in [-0.15, -0.1) is 0 Å². The third-order valence-corrected chi connectivity index (χ3v) is 5.76. The Kier molecular flexibility index (Phi) is 6.20. The van der Waals surface area contributed by atoms with Gasteiger partial charge in [0.1, 0.15) is 18.0 Å². The number of benzene rings is 1. The molecule has 1 aromatic carbocycles. The van der Waals surface area contributed by atoms with E-state index in [-0.39, 0.29) is 5.91 Å². The fourth-order valence-electron chi connectivity index (χ4n) is 3.75. The number of methoxy groups -OCH3 is 1. The van der Waals surface area contributed by atoms with Crippen LogP contribution in [0.3, 0.4) is 0 Å². The third-order valence-electron chi connectivity index (χ3n) is 5.76. The van der Waals surface area contributed by atoms with Crippen LogP contribution in [0.1, 0.15) is 39.5 Å². The summed E-state index contributed by atoms with van der Waals surface area (Å²) in [6.45, 7) is 8.21. The van der Waals surface area contributed by atoms with Crippen LogP contribution in [0.4, 0.5) is 5.69 Å². The van der Waals surface area contributed by atoms with Gasteiger partial charge in [0.05, 0.1) is 0 Å². The van der Waals surface area contributed by atoms with Gasteiger partial charge in [-0.1, -0.05) is 6.92 Å². The van der Waals surface area contributed by atoms with Crippen LogP contribution in [0.25, 0.3) is 0 Å². The lowest BCUT2D eigenvalue weighted by atomic mass is 9.99. The molecule has 0 spiro atoms. The van der Waals surface area contributed by atoms with Gasteiger partial charge in [-0.2, -0.15) is 0 Å². The number of hydrogen-bond donors (Lipinski definition) is 1. The summed E-state index contributed by atoms with van der Waals surface area (Å²) in [5, 5.41) is 2.97. The first-order valence-corrected chi connectivity index (χ1v) is 9.83. The second-order valence-electron chi connectivity index (χ2n) is 7.96. The highest BCUT2D eigenvalue weighted by molar-refractivity contribution is 5.97. The van der Waals surface area contributed by atoms with E-state index in [2.05, 4.69) is 17.1 Å².